The predicted molar refractivity (Wildman–Crippen MR) is 91.5 cm³/mol. The molecule has 0 N–H and O–H groups in total. The minimum atomic E-state index is 0.137. The van der Waals surface area contributed by atoms with Crippen molar-refractivity contribution in [2.24, 2.45) is 0 Å². The van der Waals surface area contributed by atoms with Crippen LogP contribution in [0.15, 0.2) is 24.3 Å². The second-order valence-corrected chi connectivity index (χ2v) is 10.3. The molecule has 2 heteroatoms. The molecule has 0 amide bonds. The van der Waals surface area contributed by atoms with Gasteiger partial charge in [0.15, 0.2) is 0 Å². The highest BCUT2D eigenvalue weighted by molar-refractivity contribution is 6.41. The van der Waals surface area contributed by atoms with Gasteiger partial charge in [-0.3, -0.25) is 0 Å². The molecule has 0 aromatic heterocycles. The van der Waals surface area contributed by atoms with Crippen LogP contribution in [0.4, 0.5) is 0 Å². The van der Waals surface area contributed by atoms with Crippen molar-refractivity contribution in [3.05, 3.63) is 24.3 Å². The highest BCUT2D eigenvalue weighted by atomic mass is 28.2. The molecule has 104 valence electrons. The van der Waals surface area contributed by atoms with E-state index in [0.717, 1.165) is 11.1 Å². The Morgan fingerprint density at radius 2 is 1.06 bits per heavy atom. The van der Waals surface area contributed by atoms with Crippen LogP contribution in [0.5, 0.6) is 0 Å². The largest absolute Gasteiger partial charge is 0.0847 e. The Kier molecular flexibility index (Phi) is 9.58. The summed E-state index contributed by atoms with van der Waals surface area (Å²) in [5, 5.41) is 0. The molecular weight excluding hydrogens is 248 g/mol. The molecule has 0 aromatic carbocycles. The van der Waals surface area contributed by atoms with Crippen molar-refractivity contribution in [2.75, 3.05) is 0 Å². The van der Waals surface area contributed by atoms with Gasteiger partial charge in [-0.2, -0.15) is 0 Å². The molecule has 0 spiro atoms. The maximum Gasteiger partial charge on any atom is 0.0327 e. The second-order valence-electron chi connectivity index (χ2n) is 5.80. The Morgan fingerprint density at radius 1 is 0.667 bits per heavy atom. The van der Waals surface area contributed by atoms with Gasteiger partial charge in [0.25, 0.3) is 0 Å². The first-order valence-electron chi connectivity index (χ1n) is 8.23. The van der Waals surface area contributed by atoms with E-state index in [2.05, 4.69) is 38.2 Å². The Bertz CT molecular complexity index is 207. The fourth-order valence-electron chi connectivity index (χ4n) is 2.70. The standard InChI is InChI=1S/C16H32Si2/c1-3-5-7-13-17-15-9-11-16(12-10-15)18-14-8-6-4-2/h9-12,15-16H,3-8,13-14,17-18H2,1-2H3. The van der Waals surface area contributed by atoms with E-state index in [0.29, 0.717) is 0 Å². The molecule has 0 aromatic rings. The quantitative estimate of drug-likeness (QED) is 0.319. The van der Waals surface area contributed by atoms with Crippen molar-refractivity contribution in [1.29, 1.82) is 0 Å². The van der Waals surface area contributed by atoms with E-state index < -0.39 is 0 Å². The lowest BCUT2D eigenvalue weighted by atomic mass is 10.2. The Hall–Kier alpha value is -0.0862. The van der Waals surface area contributed by atoms with Gasteiger partial charge < -0.3 is 0 Å². The van der Waals surface area contributed by atoms with E-state index in [1.54, 1.807) is 12.1 Å². The summed E-state index contributed by atoms with van der Waals surface area (Å²) in [7, 11) is 0.274. The number of hydrogen-bond acceptors (Lipinski definition) is 0. The molecule has 0 atom stereocenters. The minimum absolute atomic E-state index is 0.137. The Balaban J connectivity index is 2.07. The highest BCUT2D eigenvalue weighted by Gasteiger charge is 2.09. The number of rotatable bonds is 10. The average molecular weight is 281 g/mol. The van der Waals surface area contributed by atoms with Crippen molar-refractivity contribution in [1.82, 2.24) is 0 Å². The van der Waals surface area contributed by atoms with Crippen LogP contribution in [0, 0.1) is 0 Å². The lowest BCUT2D eigenvalue weighted by Crippen LogP contribution is -2.05. The summed E-state index contributed by atoms with van der Waals surface area (Å²) in [6.07, 6.45) is 18.8. The molecule has 1 aliphatic carbocycles. The van der Waals surface area contributed by atoms with Crippen molar-refractivity contribution in [2.45, 2.75) is 75.5 Å². The van der Waals surface area contributed by atoms with Crippen LogP contribution < -0.4 is 0 Å². The SMILES string of the molecule is CCCCC[SiH2]C1C=CC([SiH2]CCCCC)C=C1. The average Bonchev–Trinajstić information content (AvgIpc) is 2.41. The van der Waals surface area contributed by atoms with Crippen LogP contribution in [0.3, 0.4) is 0 Å². The molecular formula is C16H32Si2. The van der Waals surface area contributed by atoms with E-state index in [1.165, 1.54) is 38.5 Å². The fraction of sp³-hybridized carbons (Fsp3) is 0.750. The third-order valence-electron chi connectivity index (χ3n) is 3.99. The zero-order valence-electron chi connectivity index (χ0n) is 12.5. The van der Waals surface area contributed by atoms with Gasteiger partial charge in [-0.1, -0.05) is 88.8 Å². The molecule has 0 heterocycles. The van der Waals surface area contributed by atoms with E-state index in [4.69, 9.17) is 0 Å². The maximum atomic E-state index is 2.55. The van der Waals surface area contributed by atoms with Gasteiger partial charge in [0, 0.05) is 19.0 Å². The topological polar surface area (TPSA) is 0 Å². The third-order valence-corrected chi connectivity index (χ3v) is 8.23. The van der Waals surface area contributed by atoms with E-state index in [-0.39, 0.29) is 19.0 Å². The zero-order valence-corrected chi connectivity index (χ0v) is 15.4. The first kappa shape index (κ1) is 16.0. The molecule has 0 bridgehead atoms. The highest BCUT2D eigenvalue weighted by Crippen LogP contribution is 2.24. The summed E-state index contributed by atoms with van der Waals surface area (Å²) in [6, 6.07) is 3.09. The van der Waals surface area contributed by atoms with Crippen LogP contribution in [-0.4, -0.2) is 19.0 Å². The van der Waals surface area contributed by atoms with Gasteiger partial charge in [0.1, 0.15) is 0 Å². The number of allylic oxidation sites excluding steroid dienone is 4. The number of unbranched alkanes of at least 4 members (excludes halogenated alkanes) is 4. The zero-order chi connectivity index (χ0) is 13.1. The molecule has 1 aliphatic rings. The predicted octanol–water partition coefficient (Wildman–Crippen LogP) is 4.24. The van der Waals surface area contributed by atoms with Gasteiger partial charge in [-0.05, 0) is 11.1 Å². The van der Waals surface area contributed by atoms with Crippen molar-refractivity contribution >= 4 is 19.0 Å². The molecule has 0 saturated carbocycles. The van der Waals surface area contributed by atoms with Gasteiger partial charge in [-0.15, -0.1) is 0 Å². The lowest BCUT2D eigenvalue weighted by Gasteiger charge is -2.16. The van der Waals surface area contributed by atoms with Gasteiger partial charge in [0.2, 0.25) is 0 Å². The first-order chi connectivity index (χ1) is 8.86. The number of hydrogen-bond donors (Lipinski definition) is 0. The fourth-order valence-corrected chi connectivity index (χ4v) is 6.32. The summed E-state index contributed by atoms with van der Waals surface area (Å²) in [6.45, 7) is 4.60. The molecule has 0 saturated heterocycles. The van der Waals surface area contributed by atoms with Gasteiger partial charge in [-0.25, -0.2) is 0 Å². The molecule has 0 fully saturated rings. The van der Waals surface area contributed by atoms with E-state index >= 15 is 0 Å². The summed E-state index contributed by atoms with van der Waals surface area (Å²) in [5.74, 6) is 0. The van der Waals surface area contributed by atoms with Gasteiger partial charge in [0.05, 0.1) is 0 Å². The van der Waals surface area contributed by atoms with Crippen molar-refractivity contribution < 1.29 is 0 Å². The van der Waals surface area contributed by atoms with E-state index in [1.807, 2.05) is 0 Å². The Labute approximate surface area is 119 Å². The van der Waals surface area contributed by atoms with Crippen LogP contribution in [-0.2, 0) is 0 Å². The summed E-state index contributed by atoms with van der Waals surface area (Å²) < 4.78 is 0. The molecule has 18 heavy (non-hydrogen) atoms. The first-order valence-corrected chi connectivity index (χ1v) is 11.9. The molecule has 0 nitrogen and oxygen atoms in total. The summed E-state index contributed by atoms with van der Waals surface area (Å²) in [4.78, 5) is 0. The summed E-state index contributed by atoms with van der Waals surface area (Å²) in [5.41, 5.74) is 1.78. The monoisotopic (exact) mass is 280 g/mol. The van der Waals surface area contributed by atoms with Crippen molar-refractivity contribution in [3.63, 3.8) is 0 Å². The molecule has 1 rings (SSSR count). The second kappa shape index (κ2) is 10.8. The lowest BCUT2D eigenvalue weighted by molar-refractivity contribution is 0.766. The molecule has 0 radical (unpaired) electrons. The van der Waals surface area contributed by atoms with Crippen LogP contribution in [0.1, 0.15) is 52.4 Å². The molecule has 0 unspecified atom stereocenters. The minimum Gasteiger partial charge on any atom is -0.0847 e. The third kappa shape index (κ3) is 7.37. The smallest absolute Gasteiger partial charge is 0.0327 e. The van der Waals surface area contributed by atoms with Crippen LogP contribution in [0.2, 0.25) is 23.2 Å². The van der Waals surface area contributed by atoms with Crippen molar-refractivity contribution in [3.8, 4) is 0 Å². The van der Waals surface area contributed by atoms with E-state index in [9.17, 15) is 0 Å². The Morgan fingerprint density at radius 3 is 1.39 bits per heavy atom. The van der Waals surface area contributed by atoms with Crippen LogP contribution in [0.25, 0.3) is 0 Å². The van der Waals surface area contributed by atoms with Crippen LogP contribution >= 0.6 is 0 Å². The maximum absolute atomic E-state index is 2.55. The summed E-state index contributed by atoms with van der Waals surface area (Å²) >= 11 is 0. The van der Waals surface area contributed by atoms with Gasteiger partial charge >= 0.3 is 0 Å². The normalized spacial score (nSPS) is 23.9. The molecule has 0 aliphatic heterocycles.